The zero-order chi connectivity index (χ0) is 16.4. The predicted molar refractivity (Wildman–Crippen MR) is 82.1 cm³/mol. The Morgan fingerprint density at radius 2 is 1.91 bits per heavy atom. The number of carbonyl (C=O) groups excluding carboxylic acids is 1. The largest absolute Gasteiger partial charge is 0.444 e. The third-order valence-corrected chi connectivity index (χ3v) is 3.82. The van der Waals surface area contributed by atoms with E-state index < -0.39 is 11.2 Å². The Labute approximate surface area is 130 Å². The number of amides is 1. The van der Waals surface area contributed by atoms with Crippen molar-refractivity contribution in [2.45, 2.75) is 51.2 Å². The van der Waals surface area contributed by atoms with Gasteiger partial charge >= 0.3 is 6.09 Å². The standard InChI is InChI=1S/C17H24FNO3/c1-16(2,3)22-15(20)19-10-8-17(21,9-11-19)12-13-6-4-5-7-14(13)18/h4-7,21H,8-12H2,1-3H3. The molecule has 0 unspecified atom stereocenters. The van der Waals surface area contributed by atoms with Crippen molar-refractivity contribution in [2.75, 3.05) is 13.1 Å². The van der Waals surface area contributed by atoms with Crippen LogP contribution in [-0.2, 0) is 11.2 Å². The first-order chi connectivity index (χ1) is 10.2. The lowest BCUT2D eigenvalue weighted by Crippen LogP contribution is -2.49. The maximum atomic E-state index is 13.7. The lowest BCUT2D eigenvalue weighted by molar-refractivity contribution is -0.0319. The van der Waals surface area contributed by atoms with Crippen molar-refractivity contribution in [3.05, 3.63) is 35.6 Å². The molecule has 1 aromatic rings. The van der Waals surface area contributed by atoms with E-state index in [9.17, 15) is 14.3 Å². The van der Waals surface area contributed by atoms with E-state index in [0.717, 1.165) is 0 Å². The van der Waals surface area contributed by atoms with Gasteiger partial charge in [-0.2, -0.15) is 0 Å². The smallest absolute Gasteiger partial charge is 0.410 e. The van der Waals surface area contributed by atoms with Gasteiger partial charge in [-0.1, -0.05) is 18.2 Å². The van der Waals surface area contributed by atoms with E-state index >= 15 is 0 Å². The van der Waals surface area contributed by atoms with Crippen LogP contribution in [0.3, 0.4) is 0 Å². The molecule has 1 N–H and O–H groups in total. The first-order valence-electron chi connectivity index (χ1n) is 7.62. The number of carbonyl (C=O) groups is 1. The molecule has 0 spiro atoms. The predicted octanol–water partition coefficient (Wildman–Crippen LogP) is 3.13. The Kier molecular flexibility index (Phi) is 4.75. The average Bonchev–Trinajstić information content (AvgIpc) is 2.40. The fourth-order valence-corrected chi connectivity index (χ4v) is 2.61. The molecule has 1 aromatic carbocycles. The number of nitrogens with zero attached hydrogens (tertiary/aromatic N) is 1. The Morgan fingerprint density at radius 1 is 1.32 bits per heavy atom. The molecule has 1 aliphatic heterocycles. The highest BCUT2D eigenvalue weighted by Crippen LogP contribution is 2.28. The molecule has 1 amide bonds. The van der Waals surface area contributed by atoms with Crippen molar-refractivity contribution >= 4 is 6.09 Å². The number of rotatable bonds is 2. The highest BCUT2D eigenvalue weighted by atomic mass is 19.1. The maximum absolute atomic E-state index is 13.7. The lowest BCUT2D eigenvalue weighted by Gasteiger charge is -2.38. The molecule has 2 rings (SSSR count). The molecular weight excluding hydrogens is 285 g/mol. The molecule has 1 heterocycles. The Morgan fingerprint density at radius 3 is 2.45 bits per heavy atom. The van der Waals surface area contributed by atoms with Crippen molar-refractivity contribution in [3.63, 3.8) is 0 Å². The quantitative estimate of drug-likeness (QED) is 0.913. The molecule has 1 fully saturated rings. The summed E-state index contributed by atoms with van der Waals surface area (Å²) in [5.41, 5.74) is -0.991. The van der Waals surface area contributed by atoms with Gasteiger partial charge in [0, 0.05) is 19.5 Å². The fourth-order valence-electron chi connectivity index (χ4n) is 2.61. The zero-order valence-corrected chi connectivity index (χ0v) is 13.4. The van der Waals surface area contributed by atoms with Crippen LogP contribution in [0.5, 0.6) is 0 Å². The minimum atomic E-state index is -0.972. The first-order valence-corrected chi connectivity index (χ1v) is 7.62. The van der Waals surface area contributed by atoms with Gasteiger partial charge in [-0.25, -0.2) is 9.18 Å². The first kappa shape index (κ1) is 16.7. The summed E-state index contributed by atoms with van der Waals surface area (Å²) in [6.45, 7) is 6.30. The number of aliphatic hydroxyl groups is 1. The number of hydrogen-bond acceptors (Lipinski definition) is 3. The van der Waals surface area contributed by atoms with Crippen LogP contribution >= 0.6 is 0 Å². The molecule has 0 aliphatic carbocycles. The van der Waals surface area contributed by atoms with Gasteiger partial charge in [0.05, 0.1) is 5.60 Å². The van der Waals surface area contributed by atoms with E-state index in [1.54, 1.807) is 23.1 Å². The van der Waals surface area contributed by atoms with Crippen molar-refractivity contribution < 1.29 is 19.0 Å². The van der Waals surface area contributed by atoms with Gasteiger partial charge in [0.15, 0.2) is 0 Å². The van der Waals surface area contributed by atoms with Crippen molar-refractivity contribution in [2.24, 2.45) is 0 Å². The van der Waals surface area contributed by atoms with E-state index in [4.69, 9.17) is 4.74 Å². The molecule has 122 valence electrons. The third-order valence-electron chi connectivity index (χ3n) is 3.82. The molecule has 0 aromatic heterocycles. The van der Waals surface area contributed by atoms with Crippen molar-refractivity contribution in [1.82, 2.24) is 4.90 Å². The minimum absolute atomic E-state index is 0.266. The Balaban J connectivity index is 1.93. The number of hydrogen-bond donors (Lipinski definition) is 1. The van der Waals surface area contributed by atoms with Gasteiger partial charge in [-0.15, -0.1) is 0 Å². The third kappa shape index (κ3) is 4.44. The van der Waals surface area contributed by atoms with E-state index in [0.29, 0.717) is 31.5 Å². The highest BCUT2D eigenvalue weighted by Gasteiger charge is 2.35. The summed E-state index contributed by atoms with van der Waals surface area (Å²) in [7, 11) is 0. The molecule has 0 radical (unpaired) electrons. The molecule has 22 heavy (non-hydrogen) atoms. The topological polar surface area (TPSA) is 49.8 Å². The van der Waals surface area contributed by atoms with Crippen molar-refractivity contribution in [3.8, 4) is 0 Å². The number of halogens is 1. The second kappa shape index (κ2) is 6.24. The van der Waals surface area contributed by atoms with Crippen LogP contribution in [0.4, 0.5) is 9.18 Å². The number of benzene rings is 1. The maximum Gasteiger partial charge on any atom is 0.410 e. The summed E-state index contributed by atoms with van der Waals surface area (Å²) in [4.78, 5) is 13.6. The second-order valence-corrected chi connectivity index (χ2v) is 6.96. The molecule has 5 heteroatoms. The molecule has 1 aliphatic rings. The van der Waals surface area contributed by atoms with Crippen LogP contribution in [0.2, 0.25) is 0 Å². The van der Waals surface area contributed by atoms with Crippen LogP contribution in [0.15, 0.2) is 24.3 Å². The lowest BCUT2D eigenvalue weighted by atomic mass is 9.85. The zero-order valence-electron chi connectivity index (χ0n) is 13.4. The highest BCUT2D eigenvalue weighted by molar-refractivity contribution is 5.68. The van der Waals surface area contributed by atoms with E-state index in [1.165, 1.54) is 6.07 Å². The van der Waals surface area contributed by atoms with Crippen LogP contribution < -0.4 is 0 Å². The van der Waals surface area contributed by atoms with Gasteiger partial charge < -0.3 is 14.7 Å². The number of piperidine rings is 1. The van der Waals surface area contributed by atoms with Crippen LogP contribution in [0, 0.1) is 5.82 Å². The van der Waals surface area contributed by atoms with Gasteiger partial charge in [0.2, 0.25) is 0 Å². The van der Waals surface area contributed by atoms with Gasteiger partial charge in [0.1, 0.15) is 11.4 Å². The molecule has 0 saturated carbocycles. The van der Waals surface area contributed by atoms with E-state index in [2.05, 4.69) is 0 Å². The molecule has 4 nitrogen and oxygen atoms in total. The monoisotopic (exact) mass is 309 g/mol. The Bertz CT molecular complexity index is 531. The van der Waals surface area contributed by atoms with Crippen LogP contribution in [0.1, 0.15) is 39.2 Å². The molecule has 1 saturated heterocycles. The summed E-state index contributed by atoms with van der Waals surface area (Å²) in [5, 5.41) is 10.6. The summed E-state index contributed by atoms with van der Waals surface area (Å²) in [6.07, 6.45) is 0.739. The molecule has 0 bridgehead atoms. The Hall–Kier alpha value is -1.62. The van der Waals surface area contributed by atoms with Gasteiger partial charge in [0.25, 0.3) is 0 Å². The average molecular weight is 309 g/mol. The van der Waals surface area contributed by atoms with Crippen molar-refractivity contribution in [1.29, 1.82) is 0 Å². The van der Waals surface area contributed by atoms with Gasteiger partial charge in [-0.3, -0.25) is 0 Å². The van der Waals surface area contributed by atoms with Crippen LogP contribution in [0.25, 0.3) is 0 Å². The number of ether oxygens (including phenoxy) is 1. The van der Waals surface area contributed by atoms with Gasteiger partial charge in [-0.05, 0) is 45.2 Å². The molecule has 0 atom stereocenters. The molecular formula is C17H24FNO3. The van der Waals surface area contributed by atoms with E-state index in [-0.39, 0.29) is 18.3 Å². The normalized spacial score (nSPS) is 18.1. The SMILES string of the molecule is CC(C)(C)OC(=O)N1CCC(O)(Cc2ccccc2F)CC1. The summed E-state index contributed by atoms with van der Waals surface area (Å²) >= 11 is 0. The summed E-state index contributed by atoms with van der Waals surface area (Å²) < 4.78 is 19.0. The number of likely N-dealkylation sites (tertiary alicyclic amines) is 1. The van der Waals surface area contributed by atoms with Crippen LogP contribution in [-0.4, -0.2) is 40.4 Å². The second-order valence-electron chi connectivity index (χ2n) is 6.96. The van der Waals surface area contributed by atoms with E-state index in [1.807, 2.05) is 20.8 Å². The summed E-state index contributed by atoms with van der Waals surface area (Å²) in [5.74, 6) is -0.300. The minimum Gasteiger partial charge on any atom is -0.444 e. The summed E-state index contributed by atoms with van der Waals surface area (Å²) in [6, 6.07) is 6.48. The fraction of sp³-hybridized carbons (Fsp3) is 0.588.